The SMILES string of the molecule is CCCNCCc1ccccc1CN1CCCC(C)C1C. The van der Waals surface area contributed by atoms with Crippen LogP contribution in [0.5, 0.6) is 0 Å². The number of benzene rings is 1. The molecule has 1 heterocycles. The summed E-state index contributed by atoms with van der Waals surface area (Å²) in [7, 11) is 0. The van der Waals surface area contributed by atoms with Crippen LogP contribution in [0.1, 0.15) is 51.2 Å². The smallest absolute Gasteiger partial charge is 0.0239 e. The number of nitrogens with zero attached hydrogens (tertiary/aromatic N) is 1. The molecule has 2 atom stereocenters. The van der Waals surface area contributed by atoms with E-state index in [1.54, 1.807) is 0 Å². The molecular weight excluding hydrogens is 256 g/mol. The Kier molecular flexibility index (Phi) is 6.72. The van der Waals surface area contributed by atoms with Crippen LogP contribution >= 0.6 is 0 Å². The Hall–Kier alpha value is -0.860. The van der Waals surface area contributed by atoms with Crippen LogP contribution in [-0.2, 0) is 13.0 Å². The molecule has 1 aliphatic rings. The van der Waals surface area contributed by atoms with Crippen molar-refractivity contribution in [1.29, 1.82) is 0 Å². The molecule has 2 heteroatoms. The van der Waals surface area contributed by atoms with E-state index < -0.39 is 0 Å². The number of hydrogen-bond acceptors (Lipinski definition) is 2. The maximum Gasteiger partial charge on any atom is 0.0239 e. The largest absolute Gasteiger partial charge is 0.316 e. The van der Waals surface area contributed by atoms with Gasteiger partial charge in [0.05, 0.1) is 0 Å². The van der Waals surface area contributed by atoms with E-state index >= 15 is 0 Å². The zero-order chi connectivity index (χ0) is 15.1. The average Bonchev–Trinajstić information content (AvgIpc) is 2.50. The maximum atomic E-state index is 3.52. The fraction of sp³-hybridized carbons (Fsp3) is 0.684. The second-order valence-electron chi connectivity index (χ2n) is 6.60. The Morgan fingerprint density at radius 3 is 2.67 bits per heavy atom. The number of likely N-dealkylation sites (tertiary alicyclic amines) is 1. The summed E-state index contributed by atoms with van der Waals surface area (Å²) in [6.07, 6.45) is 5.10. The third-order valence-corrected chi connectivity index (χ3v) is 4.99. The lowest BCUT2D eigenvalue weighted by Gasteiger charge is -2.38. The summed E-state index contributed by atoms with van der Waals surface area (Å²) < 4.78 is 0. The molecule has 1 saturated heterocycles. The predicted octanol–water partition coefficient (Wildman–Crippen LogP) is 3.85. The first-order valence-electron chi connectivity index (χ1n) is 8.74. The van der Waals surface area contributed by atoms with Crippen molar-refractivity contribution < 1.29 is 0 Å². The second kappa shape index (κ2) is 8.55. The first-order valence-corrected chi connectivity index (χ1v) is 8.74. The van der Waals surface area contributed by atoms with Gasteiger partial charge in [-0.05, 0) is 69.3 Å². The summed E-state index contributed by atoms with van der Waals surface area (Å²) in [6.45, 7) is 11.6. The molecule has 0 aliphatic carbocycles. The molecule has 1 N–H and O–H groups in total. The fourth-order valence-corrected chi connectivity index (χ4v) is 3.34. The van der Waals surface area contributed by atoms with Gasteiger partial charge in [0.25, 0.3) is 0 Å². The molecular formula is C19H32N2. The molecule has 2 nitrogen and oxygen atoms in total. The van der Waals surface area contributed by atoms with E-state index in [1.807, 2.05) is 0 Å². The van der Waals surface area contributed by atoms with E-state index in [4.69, 9.17) is 0 Å². The Balaban J connectivity index is 1.95. The summed E-state index contributed by atoms with van der Waals surface area (Å²) in [5.41, 5.74) is 3.04. The van der Waals surface area contributed by atoms with Crippen molar-refractivity contribution >= 4 is 0 Å². The lowest BCUT2D eigenvalue weighted by molar-refractivity contribution is 0.106. The quantitative estimate of drug-likeness (QED) is 0.767. The van der Waals surface area contributed by atoms with Gasteiger partial charge in [0.2, 0.25) is 0 Å². The van der Waals surface area contributed by atoms with Gasteiger partial charge in [-0.3, -0.25) is 4.90 Å². The highest BCUT2D eigenvalue weighted by atomic mass is 15.2. The highest BCUT2D eigenvalue weighted by Gasteiger charge is 2.24. The van der Waals surface area contributed by atoms with E-state index in [9.17, 15) is 0 Å². The van der Waals surface area contributed by atoms with Gasteiger partial charge in [0.15, 0.2) is 0 Å². The third kappa shape index (κ3) is 4.82. The molecule has 0 saturated carbocycles. The van der Waals surface area contributed by atoms with Crippen molar-refractivity contribution in [2.45, 2.75) is 59.0 Å². The van der Waals surface area contributed by atoms with E-state index in [-0.39, 0.29) is 0 Å². The molecule has 0 spiro atoms. The molecule has 0 bridgehead atoms. The van der Waals surface area contributed by atoms with Crippen molar-refractivity contribution in [2.75, 3.05) is 19.6 Å². The third-order valence-electron chi connectivity index (χ3n) is 4.99. The van der Waals surface area contributed by atoms with Crippen molar-refractivity contribution in [3.63, 3.8) is 0 Å². The Morgan fingerprint density at radius 1 is 1.14 bits per heavy atom. The van der Waals surface area contributed by atoms with Crippen LogP contribution in [0.3, 0.4) is 0 Å². The van der Waals surface area contributed by atoms with Crippen molar-refractivity contribution in [3.8, 4) is 0 Å². The number of hydrogen-bond donors (Lipinski definition) is 1. The zero-order valence-corrected chi connectivity index (χ0v) is 14.1. The summed E-state index contributed by atoms with van der Waals surface area (Å²) in [6, 6.07) is 9.71. The predicted molar refractivity (Wildman–Crippen MR) is 91.6 cm³/mol. The van der Waals surface area contributed by atoms with E-state index in [1.165, 1.54) is 36.9 Å². The van der Waals surface area contributed by atoms with Crippen LogP contribution in [0.4, 0.5) is 0 Å². The van der Waals surface area contributed by atoms with E-state index in [0.717, 1.165) is 32.0 Å². The van der Waals surface area contributed by atoms with Gasteiger partial charge in [0.1, 0.15) is 0 Å². The summed E-state index contributed by atoms with van der Waals surface area (Å²) >= 11 is 0. The van der Waals surface area contributed by atoms with Crippen LogP contribution in [0.2, 0.25) is 0 Å². The van der Waals surface area contributed by atoms with E-state index in [2.05, 4.69) is 55.3 Å². The van der Waals surface area contributed by atoms with Crippen molar-refractivity contribution in [2.24, 2.45) is 5.92 Å². The van der Waals surface area contributed by atoms with Crippen LogP contribution in [-0.4, -0.2) is 30.6 Å². The van der Waals surface area contributed by atoms with Gasteiger partial charge in [-0.15, -0.1) is 0 Å². The molecule has 1 aromatic carbocycles. The minimum atomic E-state index is 0.713. The monoisotopic (exact) mass is 288 g/mol. The van der Waals surface area contributed by atoms with Gasteiger partial charge < -0.3 is 5.32 Å². The molecule has 118 valence electrons. The second-order valence-corrected chi connectivity index (χ2v) is 6.60. The zero-order valence-electron chi connectivity index (χ0n) is 14.1. The topological polar surface area (TPSA) is 15.3 Å². The summed E-state index contributed by atoms with van der Waals surface area (Å²) in [5, 5.41) is 3.52. The Morgan fingerprint density at radius 2 is 1.90 bits per heavy atom. The molecule has 1 aliphatic heterocycles. The van der Waals surface area contributed by atoms with Gasteiger partial charge in [-0.1, -0.05) is 38.1 Å². The van der Waals surface area contributed by atoms with Gasteiger partial charge in [-0.25, -0.2) is 0 Å². The van der Waals surface area contributed by atoms with Crippen molar-refractivity contribution in [1.82, 2.24) is 10.2 Å². The normalized spacial score (nSPS) is 23.4. The van der Waals surface area contributed by atoms with E-state index in [0.29, 0.717) is 6.04 Å². The number of rotatable bonds is 7. The van der Waals surface area contributed by atoms with Crippen LogP contribution < -0.4 is 5.32 Å². The highest BCUT2D eigenvalue weighted by Crippen LogP contribution is 2.25. The Labute approximate surface area is 130 Å². The molecule has 2 rings (SSSR count). The molecule has 2 unspecified atom stereocenters. The molecule has 1 aromatic rings. The minimum Gasteiger partial charge on any atom is -0.316 e. The number of piperidine rings is 1. The average molecular weight is 288 g/mol. The fourth-order valence-electron chi connectivity index (χ4n) is 3.34. The standard InChI is InChI=1S/C19H32N2/c1-4-12-20-13-11-18-9-5-6-10-19(18)15-21-14-7-8-16(2)17(21)3/h5-6,9-10,16-17,20H,4,7-8,11-15H2,1-3H3. The molecule has 0 aromatic heterocycles. The highest BCUT2D eigenvalue weighted by molar-refractivity contribution is 5.27. The molecule has 0 amide bonds. The van der Waals surface area contributed by atoms with Crippen LogP contribution in [0.15, 0.2) is 24.3 Å². The van der Waals surface area contributed by atoms with Gasteiger partial charge in [0, 0.05) is 12.6 Å². The Bertz CT molecular complexity index is 416. The molecule has 21 heavy (non-hydrogen) atoms. The van der Waals surface area contributed by atoms with Crippen LogP contribution in [0.25, 0.3) is 0 Å². The minimum absolute atomic E-state index is 0.713. The van der Waals surface area contributed by atoms with Crippen molar-refractivity contribution in [3.05, 3.63) is 35.4 Å². The molecule has 1 fully saturated rings. The van der Waals surface area contributed by atoms with Crippen LogP contribution in [0, 0.1) is 5.92 Å². The number of nitrogens with one attached hydrogen (secondary N) is 1. The molecule has 0 radical (unpaired) electrons. The maximum absolute atomic E-state index is 3.52. The summed E-state index contributed by atoms with van der Waals surface area (Å²) in [5.74, 6) is 0.831. The van der Waals surface area contributed by atoms with Gasteiger partial charge in [-0.2, -0.15) is 0 Å². The van der Waals surface area contributed by atoms with Gasteiger partial charge >= 0.3 is 0 Å². The first kappa shape index (κ1) is 16.5. The summed E-state index contributed by atoms with van der Waals surface area (Å²) in [4.78, 5) is 2.67. The lowest BCUT2D eigenvalue weighted by atomic mass is 9.91. The lowest BCUT2D eigenvalue weighted by Crippen LogP contribution is -2.41. The first-order chi connectivity index (χ1) is 10.2.